The molecule has 2 N–H and O–H groups in total. The van der Waals surface area contributed by atoms with Crippen LogP contribution in [0.1, 0.15) is 11.1 Å². The van der Waals surface area contributed by atoms with E-state index in [0.29, 0.717) is 12.2 Å². The number of benzene rings is 2. The highest BCUT2D eigenvalue weighted by Crippen LogP contribution is 2.33. The van der Waals surface area contributed by atoms with E-state index < -0.39 is 10.0 Å². The molecule has 1 aliphatic heterocycles. The number of fused-ring (bicyclic) bond motifs is 1. The molecular weight excluding hydrogens is 272 g/mol. The standard InChI is InChI=1S/C15H16N2O2S/c1-11-5-6-15-12(9-11)7-8-17(15)20(18,19)14-4-2-3-13(16)10-14/h2-6,9-10H,7-8,16H2,1H3. The zero-order chi connectivity index (χ0) is 14.3. The molecule has 1 heterocycles. The number of hydrogen-bond acceptors (Lipinski definition) is 3. The van der Waals surface area contributed by atoms with Crippen LogP contribution in [-0.4, -0.2) is 15.0 Å². The van der Waals surface area contributed by atoms with Gasteiger partial charge in [-0.1, -0.05) is 23.8 Å². The predicted molar refractivity (Wildman–Crippen MR) is 80.3 cm³/mol. The topological polar surface area (TPSA) is 63.4 Å². The number of nitrogen functional groups attached to an aromatic ring is 1. The van der Waals surface area contributed by atoms with Gasteiger partial charge in [0.1, 0.15) is 0 Å². The van der Waals surface area contributed by atoms with Gasteiger partial charge in [0.25, 0.3) is 10.0 Å². The number of aryl methyl sites for hydroxylation is 1. The van der Waals surface area contributed by atoms with Gasteiger partial charge in [0.15, 0.2) is 0 Å². The van der Waals surface area contributed by atoms with E-state index in [-0.39, 0.29) is 4.90 Å². The van der Waals surface area contributed by atoms with Crippen LogP contribution >= 0.6 is 0 Å². The first-order valence-corrected chi connectivity index (χ1v) is 7.90. The third kappa shape index (κ3) is 2.04. The smallest absolute Gasteiger partial charge is 0.264 e. The Morgan fingerprint density at radius 2 is 1.95 bits per heavy atom. The van der Waals surface area contributed by atoms with Crippen LogP contribution in [0.2, 0.25) is 0 Å². The third-order valence-electron chi connectivity index (χ3n) is 3.53. The van der Waals surface area contributed by atoms with Crippen molar-refractivity contribution in [2.45, 2.75) is 18.2 Å². The number of nitrogens with two attached hydrogens (primary N) is 1. The Kier molecular flexibility index (Phi) is 2.94. The molecule has 0 fully saturated rings. The number of anilines is 2. The molecule has 2 aromatic carbocycles. The monoisotopic (exact) mass is 288 g/mol. The van der Waals surface area contributed by atoms with Crippen LogP contribution in [0, 0.1) is 6.92 Å². The fourth-order valence-electron chi connectivity index (χ4n) is 2.55. The largest absolute Gasteiger partial charge is 0.399 e. The molecule has 0 saturated carbocycles. The highest BCUT2D eigenvalue weighted by Gasteiger charge is 2.30. The van der Waals surface area contributed by atoms with Crippen molar-refractivity contribution in [3.05, 3.63) is 53.6 Å². The van der Waals surface area contributed by atoms with Crippen LogP contribution in [0.25, 0.3) is 0 Å². The minimum atomic E-state index is -3.53. The van der Waals surface area contributed by atoms with Crippen LogP contribution < -0.4 is 10.0 Å². The number of hydrogen-bond donors (Lipinski definition) is 1. The van der Waals surface area contributed by atoms with Crippen LogP contribution in [0.3, 0.4) is 0 Å². The molecule has 0 bridgehead atoms. The van der Waals surface area contributed by atoms with E-state index in [2.05, 4.69) is 0 Å². The maximum Gasteiger partial charge on any atom is 0.264 e. The van der Waals surface area contributed by atoms with Crippen molar-refractivity contribution in [2.75, 3.05) is 16.6 Å². The molecule has 3 rings (SSSR count). The summed E-state index contributed by atoms with van der Waals surface area (Å²) in [5.74, 6) is 0. The predicted octanol–water partition coefficient (Wildman–Crippen LogP) is 2.33. The average Bonchev–Trinajstić information content (AvgIpc) is 2.82. The Labute approximate surface area is 118 Å². The highest BCUT2D eigenvalue weighted by molar-refractivity contribution is 7.92. The molecule has 0 spiro atoms. The number of nitrogens with zero attached hydrogens (tertiary/aromatic N) is 1. The second-order valence-corrected chi connectivity index (χ2v) is 6.89. The fraction of sp³-hybridized carbons (Fsp3) is 0.200. The van der Waals surface area contributed by atoms with Gasteiger partial charge in [0.2, 0.25) is 0 Å². The summed E-state index contributed by atoms with van der Waals surface area (Å²) in [6.45, 7) is 2.49. The normalized spacial score (nSPS) is 14.3. The van der Waals surface area contributed by atoms with Crippen molar-refractivity contribution >= 4 is 21.4 Å². The van der Waals surface area contributed by atoms with Crippen LogP contribution in [0.15, 0.2) is 47.4 Å². The molecule has 0 aromatic heterocycles. The van der Waals surface area contributed by atoms with Crippen molar-refractivity contribution in [3.8, 4) is 0 Å². The maximum atomic E-state index is 12.7. The lowest BCUT2D eigenvalue weighted by atomic mass is 10.1. The minimum Gasteiger partial charge on any atom is -0.399 e. The summed E-state index contributed by atoms with van der Waals surface area (Å²) in [7, 11) is -3.53. The van der Waals surface area contributed by atoms with E-state index in [1.165, 1.54) is 10.4 Å². The van der Waals surface area contributed by atoms with E-state index in [1.54, 1.807) is 18.2 Å². The third-order valence-corrected chi connectivity index (χ3v) is 5.34. The van der Waals surface area contributed by atoms with Crippen molar-refractivity contribution in [3.63, 3.8) is 0 Å². The van der Waals surface area contributed by atoms with Gasteiger partial charge in [0, 0.05) is 12.2 Å². The van der Waals surface area contributed by atoms with Crippen LogP contribution in [-0.2, 0) is 16.4 Å². The lowest BCUT2D eigenvalue weighted by Crippen LogP contribution is -2.29. The van der Waals surface area contributed by atoms with Gasteiger partial charge in [0.05, 0.1) is 10.6 Å². The summed E-state index contributed by atoms with van der Waals surface area (Å²) in [4.78, 5) is 0.242. The zero-order valence-electron chi connectivity index (χ0n) is 11.2. The summed E-state index contributed by atoms with van der Waals surface area (Å²) < 4.78 is 26.9. The summed E-state index contributed by atoms with van der Waals surface area (Å²) in [5.41, 5.74) is 9.14. The van der Waals surface area contributed by atoms with Crippen molar-refractivity contribution in [1.82, 2.24) is 0 Å². The molecule has 5 heteroatoms. The number of sulfonamides is 1. The summed E-state index contributed by atoms with van der Waals surface area (Å²) >= 11 is 0. The maximum absolute atomic E-state index is 12.7. The zero-order valence-corrected chi connectivity index (χ0v) is 12.0. The minimum absolute atomic E-state index is 0.242. The Morgan fingerprint density at radius 1 is 1.15 bits per heavy atom. The molecule has 20 heavy (non-hydrogen) atoms. The molecule has 104 valence electrons. The van der Waals surface area contributed by atoms with Crippen molar-refractivity contribution in [1.29, 1.82) is 0 Å². The molecule has 4 nitrogen and oxygen atoms in total. The molecular formula is C15H16N2O2S. The van der Waals surface area contributed by atoms with Crippen LogP contribution in [0.5, 0.6) is 0 Å². The quantitative estimate of drug-likeness (QED) is 0.863. The lowest BCUT2D eigenvalue weighted by Gasteiger charge is -2.19. The Hall–Kier alpha value is -2.01. The first kappa shape index (κ1) is 13.0. The first-order chi connectivity index (χ1) is 9.48. The van der Waals surface area contributed by atoms with Crippen molar-refractivity contribution in [2.24, 2.45) is 0 Å². The van der Waals surface area contributed by atoms with Gasteiger partial charge in [-0.05, 0) is 43.2 Å². The molecule has 0 radical (unpaired) electrons. The summed E-state index contributed by atoms with van der Waals surface area (Å²) in [5, 5.41) is 0. The second-order valence-electron chi connectivity index (χ2n) is 5.03. The Balaban J connectivity index is 2.07. The van der Waals surface area contributed by atoms with E-state index in [0.717, 1.165) is 23.2 Å². The molecule has 0 unspecified atom stereocenters. The average molecular weight is 288 g/mol. The van der Waals surface area contributed by atoms with Gasteiger partial charge >= 0.3 is 0 Å². The lowest BCUT2D eigenvalue weighted by molar-refractivity contribution is 0.592. The van der Waals surface area contributed by atoms with Gasteiger partial charge in [-0.2, -0.15) is 0 Å². The molecule has 2 aromatic rings. The van der Waals surface area contributed by atoms with E-state index in [9.17, 15) is 8.42 Å². The molecule has 0 atom stereocenters. The van der Waals surface area contributed by atoms with Gasteiger partial charge in [-0.15, -0.1) is 0 Å². The first-order valence-electron chi connectivity index (χ1n) is 6.46. The molecule has 1 aliphatic rings. The SMILES string of the molecule is Cc1ccc2c(c1)CCN2S(=O)(=O)c1cccc(N)c1. The summed E-state index contributed by atoms with van der Waals surface area (Å²) in [6, 6.07) is 12.3. The second kappa shape index (κ2) is 4.52. The van der Waals surface area contributed by atoms with Crippen molar-refractivity contribution < 1.29 is 8.42 Å². The Bertz CT molecular complexity index is 769. The highest BCUT2D eigenvalue weighted by atomic mass is 32.2. The molecule has 0 amide bonds. The number of rotatable bonds is 2. The molecule has 0 saturated heterocycles. The fourth-order valence-corrected chi connectivity index (χ4v) is 4.11. The van der Waals surface area contributed by atoms with Crippen LogP contribution in [0.4, 0.5) is 11.4 Å². The van der Waals surface area contributed by atoms with E-state index in [1.807, 2.05) is 25.1 Å². The van der Waals surface area contributed by atoms with Gasteiger partial charge in [-0.3, -0.25) is 4.31 Å². The van der Waals surface area contributed by atoms with E-state index >= 15 is 0 Å². The van der Waals surface area contributed by atoms with E-state index in [4.69, 9.17) is 5.73 Å². The summed E-state index contributed by atoms with van der Waals surface area (Å²) in [6.07, 6.45) is 0.749. The van der Waals surface area contributed by atoms with Gasteiger partial charge in [-0.25, -0.2) is 8.42 Å². The molecule has 0 aliphatic carbocycles. The van der Waals surface area contributed by atoms with Gasteiger partial charge < -0.3 is 5.73 Å². The Morgan fingerprint density at radius 3 is 2.70 bits per heavy atom.